The molecule has 1 aromatic heterocycles. The number of rotatable bonds is 6. The van der Waals surface area contributed by atoms with Crippen LogP contribution >= 0.6 is 35.3 Å². The normalized spacial score (nSPS) is 12.3. The minimum absolute atomic E-state index is 0. The Morgan fingerprint density at radius 1 is 1.42 bits per heavy atom. The van der Waals surface area contributed by atoms with Crippen molar-refractivity contribution in [3.63, 3.8) is 0 Å². The molecule has 0 saturated heterocycles. The van der Waals surface area contributed by atoms with Gasteiger partial charge in [-0.1, -0.05) is 35.1 Å². The van der Waals surface area contributed by atoms with E-state index in [1.807, 2.05) is 6.07 Å². The van der Waals surface area contributed by atoms with Crippen LogP contribution in [0.3, 0.4) is 0 Å². The van der Waals surface area contributed by atoms with E-state index in [0.717, 1.165) is 11.8 Å². The number of anilines is 1. The zero-order valence-corrected chi connectivity index (χ0v) is 15.8. The average molecular weight is 411 g/mol. The number of nitrogens with zero attached hydrogens (tertiary/aromatic N) is 2. The molecule has 1 aromatic carbocycles. The fourth-order valence-corrected chi connectivity index (χ4v) is 3.30. The first kappa shape index (κ1) is 20.8. The van der Waals surface area contributed by atoms with E-state index in [9.17, 15) is 13.2 Å². The van der Waals surface area contributed by atoms with Crippen LogP contribution in [0.15, 0.2) is 24.3 Å². The molecule has 0 aliphatic heterocycles. The molecule has 1 unspecified atom stereocenters. The predicted molar refractivity (Wildman–Crippen MR) is 98.5 cm³/mol. The van der Waals surface area contributed by atoms with Crippen LogP contribution in [0, 0.1) is 0 Å². The molecule has 0 bridgehead atoms. The monoisotopic (exact) mass is 410 g/mol. The summed E-state index contributed by atoms with van der Waals surface area (Å²) in [4.78, 5) is 11.9. The average Bonchev–Trinajstić information content (AvgIpc) is 2.92. The Labute approximate surface area is 154 Å². The maximum atomic E-state index is 11.9. The molecular formula is C13H16Cl2N4O3S2. The fourth-order valence-electron chi connectivity index (χ4n) is 1.68. The number of nitrogens with two attached hydrogens (primary N) is 1. The van der Waals surface area contributed by atoms with Gasteiger partial charge in [-0.15, -0.1) is 22.6 Å². The molecule has 24 heavy (non-hydrogen) atoms. The third-order valence-electron chi connectivity index (χ3n) is 2.86. The SMILES string of the molecule is CS(=O)(=O)CCC(N)C(=O)Nc1nnc(-c2cccc(Cl)c2)s1.Cl. The maximum Gasteiger partial charge on any atom is 0.243 e. The second-order valence-electron chi connectivity index (χ2n) is 4.94. The van der Waals surface area contributed by atoms with Gasteiger partial charge in [0, 0.05) is 16.8 Å². The van der Waals surface area contributed by atoms with Crippen LogP contribution in [0.2, 0.25) is 5.02 Å². The number of benzene rings is 1. The van der Waals surface area contributed by atoms with Gasteiger partial charge in [0.2, 0.25) is 11.0 Å². The van der Waals surface area contributed by atoms with Crippen molar-refractivity contribution in [3.8, 4) is 10.6 Å². The lowest BCUT2D eigenvalue weighted by Gasteiger charge is -2.09. The highest BCUT2D eigenvalue weighted by Crippen LogP contribution is 2.28. The van der Waals surface area contributed by atoms with Crippen molar-refractivity contribution in [3.05, 3.63) is 29.3 Å². The second kappa shape index (κ2) is 8.72. The number of sulfone groups is 1. The lowest BCUT2D eigenvalue weighted by atomic mass is 10.2. The van der Waals surface area contributed by atoms with Crippen LogP contribution in [0.25, 0.3) is 10.6 Å². The van der Waals surface area contributed by atoms with Crippen molar-refractivity contribution in [1.82, 2.24) is 10.2 Å². The zero-order chi connectivity index (χ0) is 17.0. The lowest BCUT2D eigenvalue weighted by molar-refractivity contribution is -0.117. The van der Waals surface area contributed by atoms with Crippen molar-refractivity contribution in [1.29, 1.82) is 0 Å². The third-order valence-corrected chi connectivity index (χ3v) is 4.96. The van der Waals surface area contributed by atoms with Crippen LogP contribution in [0.5, 0.6) is 0 Å². The Hall–Kier alpha value is -1.26. The molecule has 132 valence electrons. The van der Waals surface area contributed by atoms with E-state index in [1.54, 1.807) is 18.2 Å². The van der Waals surface area contributed by atoms with Crippen LogP contribution in [-0.2, 0) is 14.6 Å². The van der Waals surface area contributed by atoms with Gasteiger partial charge < -0.3 is 5.73 Å². The first-order valence-corrected chi connectivity index (χ1v) is 9.84. The van der Waals surface area contributed by atoms with Crippen molar-refractivity contribution >= 4 is 56.2 Å². The van der Waals surface area contributed by atoms with Gasteiger partial charge >= 0.3 is 0 Å². The summed E-state index contributed by atoms with van der Waals surface area (Å²) in [6.07, 6.45) is 1.14. The van der Waals surface area contributed by atoms with Gasteiger partial charge in [0.05, 0.1) is 11.8 Å². The minimum Gasteiger partial charge on any atom is -0.320 e. The van der Waals surface area contributed by atoms with Crippen molar-refractivity contribution < 1.29 is 13.2 Å². The number of hydrogen-bond donors (Lipinski definition) is 2. The molecule has 2 aromatic rings. The van der Waals surface area contributed by atoms with Crippen LogP contribution < -0.4 is 11.1 Å². The van der Waals surface area contributed by atoms with Crippen molar-refractivity contribution in [2.75, 3.05) is 17.3 Å². The van der Waals surface area contributed by atoms with E-state index in [1.165, 1.54) is 11.3 Å². The van der Waals surface area contributed by atoms with E-state index < -0.39 is 21.8 Å². The van der Waals surface area contributed by atoms with E-state index >= 15 is 0 Å². The van der Waals surface area contributed by atoms with Gasteiger partial charge in [-0.2, -0.15) is 0 Å². The molecular weight excluding hydrogens is 395 g/mol. The molecule has 1 heterocycles. The summed E-state index contributed by atoms with van der Waals surface area (Å²) >= 11 is 7.10. The highest BCUT2D eigenvalue weighted by molar-refractivity contribution is 7.90. The molecule has 0 radical (unpaired) electrons. The Kier molecular flexibility index (Phi) is 7.56. The van der Waals surface area contributed by atoms with Crippen molar-refractivity contribution in [2.24, 2.45) is 5.73 Å². The lowest BCUT2D eigenvalue weighted by Crippen LogP contribution is -2.37. The van der Waals surface area contributed by atoms with Crippen LogP contribution in [0.1, 0.15) is 6.42 Å². The Balaban J connectivity index is 0.00000288. The summed E-state index contributed by atoms with van der Waals surface area (Å²) in [6, 6.07) is 6.18. The molecule has 7 nitrogen and oxygen atoms in total. The smallest absolute Gasteiger partial charge is 0.243 e. The first-order chi connectivity index (χ1) is 10.7. The summed E-state index contributed by atoms with van der Waals surface area (Å²) in [6.45, 7) is 0. The van der Waals surface area contributed by atoms with Gasteiger partial charge in [0.15, 0.2) is 0 Å². The quantitative estimate of drug-likeness (QED) is 0.751. The van der Waals surface area contributed by atoms with E-state index in [-0.39, 0.29) is 24.6 Å². The third kappa shape index (κ3) is 6.33. The number of nitrogens with one attached hydrogen (secondary N) is 1. The molecule has 1 atom stereocenters. The second-order valence-corrected chi connectivity index (χ2v) is 8.61. The summed E-state index contributed by atoms with van der Waals surface area (Å²) in [5.74, 6) is -0.645. The van der Waals surface area contributed by atoms with E-state index in [4.69, 9.17) is 17.3 Å². The Morgan fingerprint density at radius 2 is 2.12 bits per heavy atom. The molecule has 0 aliphatic rings. The number of halogens is 2. The Bertz CT molecular complexity index is 811. The summed E-state index contributed by atoms with van der Waals surface area (Å²) < 4.78 is 22.2. The summed E-state index contributed by atoms with van der Waals surface area (Å²) in [7, 11) is -3.16. The number of carbonyl (C=O) groups is 1. The minimum atomic E-state index is -3.16. The highest BCUT2D eigenvalue weighted by atomic mass is 35.5. The van der Waals surface area contributed by atoms with Gasteiger partial charge in [-0.05, 0) is 18.6 Å². The maximum absolute atomic E-state index is 11.9. The van der Waals surface area contributed by atoms with E-state index in [2.05, 4.69) is 15.5 Å². The number of amides is 1. The van der Waals surface area contributed by atoms with Gasteiger partial charge in [0.25, 0.3) is 0 Å². The van der Waals surface area contributed by atoms with Crippen molar-refractivity contribution in [2.45, 2.75) is 12.5 Å². The largest absolute Gasteiger partial charge is 0.320 e. The van der Waals surface area contributed by atoms with Gasteiger partial charge in [-0.3, -0.25) is 10.1 Å². The van der Waals surface area contributed by atoms with Gasteiger partial charge in [-0.25, -0.2) is 8.42 Å². The zero-order valence-electron chi connectivity index (χ0n) is 12.6. The molecule has 0 saturated carbocycles. The molecule has 2 rings (SSSR count). The fraction of sp³-hybridized carbons (Fsp3) is 0.308. The molecule has 0 spiro atoms. The number of hydrogen-bond acceptors (Lipinski definition) is 7. The standard InChI is InChI=1S/C13H15ClN4O3S2.ClH/c1-23(20,21)6-5-10(15)11(19)16-13-18-17-12(22-13)8-3-2-4-9(14)7-8;/h2-4,7,10H,5-6,15H2,1H3,(H,16,18,19);1H. The predicted octanol–water partition coefficient (Wildman–Crippen LogP) is 1.98. The highest BCUT2D eigenvalue weighted by Gasteiger charge is 2.18. The number of aromatic nitrogens is 2. The van der Waals surface area contributed by atoms with Gasteiger partial charge in [0.1, 0.15) is 14.8 Å². The van der Waals surface area contributed by atoms with Crippen LogP contribution in [-0.4, -0.2) is 42.6 Å². The molecule has 1 amide bonds. The van der Waals surface area contributed by atoms with Crippen LogP contribution in [0.4, 0.5) is 5.13 Å². The Morgan fingerprint density at radius 3 is 2.75 bits per heavy atom. The first-order valence-electron chi connectivity index (χ1n) is 6.58. The molecule has 0 fully saturated rings. The molecule has 11 heteroatoms. The summed E-state index contributed by atoms with van der Waals surface area (Å²) in [5, 5.41) is 11.9. The van der Waals surface area contributed by atoms with E-state index in [0.29, 0.717) is 15.2 Å². The number of carbonyl (C=O) groups excluding carboxylic acids is 1. The molecule has 0 aliphatic carbocycles. The summed E-state index contributed by atoms with van der Waals surface area (Å²) in [5.41, 5.74) is 6.46. The topological polar surface area (TPSA) is 115 Å². The molecule has 3 N–H and O–H groups in total.